The lowest BCUT2D eigenvalue weighted by Gasteiger charge is -2.31. The third-order valence-electron chi connectivity index (χ3n) is 4.51. The van der Waals surface area contributed by atoms with Gasteiger partial charge in [-0.2, -0.15) is 0 Å². The molecule has 2 N–H and O–H groups in total. The van der Waals surface area contributed by atoms with Crippen molar-refractivity contribution < 1.29 is 9.53 Å². The molecular weight excluding hydrogens is 334 g/mol. The van der Waals surface area contributed by atoms with Gasteiger partial charge in [0.25, 0.3) is 0 Å². The van der Waals surface area contributed by atoms with Gasteiger partial charge in [0.15, 0.2) is 0 Å². The summed E-state index contributed by atoms with van der Waals surface area (Å²) in [6.45, 7) is 3.77. The minimum Gasteiger partial charge on any atom is -0.450 e. The quantitative estimate of drug-likeness (QED) is 0.787. The van der Waals surface area contributed by atoms with Gasteiger partial charge in [-0.3, -0.25) is 4.72 Å². The fourth-order valence-electron chi connectivity index (χ4n) is 3.13. The number of nitrogens with one attached hydrogen (secondary N) is 2. The highest BCUT2D eigenvalue weighted by atomic mass is 32.2. The van der Waals surface area contributed by atoms with Crippen molar-refractivity contribution in [1.82, 2.24) is 9.62 Å². The summed E-state index contributed by atoms with van der Waals surface area (Å²) in [6.07, 6.45) is 1.69. The number of benzene rings is 2. The lowest BCUT2D eigenvalue weighted by atomic mass is 10.1. The molecule has 0 aromatic heterocycles. The van der Waals surface area contributed by atoms with Crippen molar-refractivity contribution in [2.45, 2.75) is 30.7 Å². The second-order valence-corrected chi connectivity index (χ2v) is 6.97. The van der Waals surface area contributed by atoms with Crippen molar-refractivity contribution in [1.29, 1.82) is 0 Å². The van der Waals surface area contributed by atoms with Crippen LogP contribution in [0.15, 0.2) is 41.3 Å². The Labute approximate surface area is 153 Å². The maximum atomic E-state index is 11.8. The van der Waals surface area contributed by atoms with Gasteiger partial charge >= 0.3 is 6.09 Å². The van der Waals surface area contributed by atoms with Gasteiger partial charge in [0.1, 0.15) is 0 Å². The molecule has 25 heavy (non-hydrogen) atoms. The molecule has 1 saturated heterocycles. The molecule has 2 aromatic rings. The zero-order valence-electron chi connectivity index (χ0n) is 14.7. The van der Waals surface area contributed by atoms with Gasteiger partial charge in [-0.1, -0.05) is 24.3 Å². The molecule has 5 nitrogen and oxygen atoms in total. The summed E-state index contributed by atoms with van der Waals surface area (Å²) in [6, 6.07) is 13.1. The number of amides is 1. The molecule has 0 aliphatic carbocycles. The highest BCUT2D eigenvalue weighted by Crippen LogP contribution is 2.31. The number of rotatable bonds is 5. The van der Waals surface area contributed by atoms with Crippen LogP contribution in [-0.2, 0) is 4.74 Å². The monoisotopic (exact) mass is 359 g/mol. The Kier molecular flexibility index (Phi) is 6.04. The van der Waals surface area contributed by atoms with E-state index in [1.165, 1.54) is 15.7 Å². The average Bonchev–Trinajstić information content (AvgIpc) is 2.66. The summed E-state index contributed by atoms with van der Waals surface area (Å²) in [5.74, 6) is 0. The zero-order valence-corrected chi connectivity index (χ0v) is 15.6. The van der Waals surface area contributed by atoms with Gasteiger partial charge in [-0.15, -0.1) is 0 Å². The van der Waals surface area contributed by atoms with Crippen LogP contribution in [0.2, 0.25) is 0 Å². The van der Waals surface area contributed by atoms with Gasteiger partial charge in [-0.25, -0.2) is 4.79 Å². The van der Waals surface area contributed by atoms with Gasteiger partial charge in [0, 0.05) is 42.1 Å². The smallest absolute Gasteiger partial charge is 0.409 e. The van der Waals surface area contributed by atoms with Crippen molar-refractivity contribution >= 4 is 34.5 Å². The number of fused-ring (bicyclic) bond motifs is 1. The van der Waals surface area contributed by atoms with Crippen LogP contribution >= 0.6 is 11.9 Å². The van der Waals surface area contributed by atoms with E-state index in [1.807, 2.05) is 14.0 Å². The second-order valence-electron chi connectivity index (χ2n) is 6.09. The molecule has 1 aliphatic rings. The number of carbonyl (C=O) groups is 1. The Morgan fingerprint density at radius 3 is 2.64 bits per heavy atom. The molecule has 0 saturated carbocycles. The van der Waals surface area contributed by atoms with Crippen LogP contribution in [0.25, 0.3) is 10.8 Å². The van der Waals surface area contributed by atoms with Crippen molar-refractivity contribution in [2.75, 3.05) is 32.1 Å². The minimum atomic E-state index is -0.192. The molecule has 1 amide bonds. The molecule has 134 valence electrons. The van der Waals surface area contributed by atoms with Crippen LogP contribution < -0.4 is 10.0 Å². The van der Waals surface area contributed by atoms with E-state index >= 15 is 0 Å². The molecule has 2 aromatic carbocycles. The summed E-state index contributed by atoms with van der Waals surface area (Å²) in [4.78, 5) is 14.8. The number of hydrogen-bond donors (Lipinski definition) is 2. The highest BCUT2D eigenvalue weighted by molar-refractivity contribution is 7.97. The first-order chi connectivity index (χ1) is 12.2. The molecule has 0 bridgehead atoms. The van der Waals surface area contributed by atoms with Crippen LogP contribution in [0, 0.1) is 0 Å². The average molecular weight is 359 g/mol. The Bertz CT molecular complexity index is 730. The highest BCUT2D eigenvalue weighted by Gasteiger charge is 2.23. The fraction of sp³-hybridized carbons (Fsp3) is 0.421. The fourth-order valence-corrected chi connectivity index (χ4v) is 4.09. The normalized spacial score (nSPS) is 15.4. The number of hydrogen-bond acceptors (Lipinski definition) is 5. The molecule has 1 fully saturated rings. The van der Waals surface area contributed by atoms with Crippen LogP contribution in [0.3, 0.4) is 0 Å². The van der Waals surface area contributed by atoms with Gasteiger partial charge < -0.3 is 15.0 Å². The Balaban J connectivity index is 1.60. The van der Waals surface area contributed by atoms with Crippen molar-refractivity contribution in [2.24, 2.45) is 0 Å². The maximum absolute atomic E-state index is 11.8. The lowest BCUT2D eigenvalue weighted by molar-refractivity contribution is 0.0967. The van der Waals surface area contributed by atoms with Gasteiger partial charge in [-0.05, 0) is 49.2 Å². The van der Waals surface area contributed by atoms with Crippen molar-refractivity contribution in [3.63, 3.8) is 0 Å². The number of piperidine rings is 1. The summed E-state index contributed by atoms with van der Waals surface area (Å²) in [7, 11) is 1.95. The molecule has 0 unspecified atom stereocenters. The standard InChI is InChI=1S/C19H25N3O2S/c1-3-24-19(23)22-12-10-14(11-13-22)21-25-18-9-5-6-15-16(18)7-4-8-17(15)20-2/h4-9,14,20-21H,3,10-13H2,1-2H3. The minimum absolute atomic E-state index is 0.192. The Morgan fingerprint density at radius 1 is 1.20 bits per heavy atom. The molecule has 6 heteroatoms. The van der Waals surface area contributed by atoms with E-state index in [-0.39, 0.29) is 6.09 Å². The SMILES string of the molecule is CCOC(=O)N1CCC(NSc2cccc3c(NC)cccc23)CC1. The van der Waals surface area contributed by atoms with Gasteiger partial charge in [0.05, 0.1) is 6.61 Å². The number of likely N-dealkylation sites (tertiary alicyclic amines) is 1. The third-order valence-corrected chi connectivity index (χ3v) is 5.54. The number of nitrogens with zero attached hydrogens (tertiary/aromatic N) is 1. The van der Waals surface area contributed by atoms with Crippen LogP contribution in [0.4, 0.5) is 10.5 Å². The van der Waals surface area contributed by atoms with E-state index in [0.717, 1.165) is 31.6 Å². The second kappa shape index (κ2) is 8.45. The largest absolute Gasteiger partial charge is 0.450 e. The van der Waals surface area contributed by atoms with E-state index in [2.05, 4.69) is 46.4 Å². The summed E-state index contributed by atoms with van der Waals surface area (Å²) >= 11 is 1.68. The van der Waals surface area contributed by atoms with E-state index in [0.29, 0.717) is 12.6 Å². The zero-order chi connectivity index (χ0) is 17.6. The first-order valence-electron chi connectivity index (χ1n) is 8.76. The first-order valence-corrected chi connectivity index (χ1v) is 9.58. The predicted octanol–water partition coefficient (Wildman–Crippen LogP) is 4.10. The summed E-state index contributed by atoms with van der Waals surface area (Å²) < 4.78 is 8.65. The number of anilines is 1. The van der Waals surface area contributed by atoms with E-state index < -0.39 is 0 Å². The number of ether oxygens (including phenoxy) is 1. The summed E-state index contributed by atoms with van der Waals surface area (Å²) in [5, 5.41) is 5.73. The van der Waals surface area contributed by atoms with Crippen molar-refractivity contribution in [3.8, 4) is 0 Å². The van der Waals surface area contributed by atoms with E-state index in [4.69, 9.17) is 4.74 Å². The molecule has 1 aliphatic heterocycles. The van der Waals surface area contributed by atoms with Crippen LogP contribution in [0.1, 0.15) is 19.8 Å². The molecule has 3 rings (SSSR count). The first kappa shape index (κ1) is 17.9. The lowest BCUT2D eigenvalue weighted by Crippen LogP contribution is -2.43. The Hall–Kier alpha value is -1.92. The van der Waals surface area contributed by atoms with E-state index in [1.54, 1.807) is 16.8 Å². The predicted molar refractivity (Wildman–Crippen MR) is 104 cm³/mol. The Morgan fingerprint density at radius 2 is 1.92 bits per heavy atom. The molecule has 0 spiro atoms. The van der Waals surface area contributed by atoms with Gasteiger partial charge in [0.2, 0.25) is 0 Å². The third kappa shape index (κ3) is 4.19. The number of carbonyl (C=O) groups excluding carboxylic acids is 1. The maximum Gasteiger partial charge on any atom is 0.409 e. The van der Waals surface area contributed by atoms with E-state index in [9.17, 15) is 4.79 Å². The molecule has 0 atom stereocenters. The topological polar surface area (TPSA) is 53.6 Å². The van der Waals surface area contributed by atoms with Crippen molar-refractivity contribution in [3.05, 3.63) is 36.4 Å². The molecule has 0 radical (unpaired) electrons. The van der Waals surface area contributed by atoms with Crippen LogP contribution in [-0.4, -0.2) is 43.8 Å². The van der Waals surface area contributed by atoms with Crippen LogP contribution in [0.5, 0.6) is 0 Å². The molecule has 1 heterocycles. The molecular formula is C19H25N3O2S. The summed E-state index contributed by atoms with van der Waals surface area (Å²) in [5.41, 5.74) is 1.14.